The fraction of sp³-hybridized carbons (Fsp3) is 0.476. The second-order valence-corrected chi connectivity index (χ2v) is 7.52. The van der Waals surface area contributed by atoms with E-state index in [0.717, 1.165) is 35.5 Å². The zero-order valence-electron chi connectivity index (χ0n) is 14.9. The number of pyridine rings is 1. The molecule has 0 radical (unpaired) electrons. The van der Waals surface area contributed by atoms with Gasteiger partial charge in [0, 0.05) is 30.2 Å². The summed E-state index contributed by atoms with van der Waals surface area (Å²) < 4.78 is 5.33. The highest BCUT2D eigenvalue weighted by molar-refractivity contribution is 5.80. The van der Waals surface area contributed by atoms with E-state index >= 15 is 0 Å². The van der Waals surface area contributed by atoms with Gasteiger partial charge in [0.1, 0.15) is 5.75 Å². The van der Waals surface area contributed by atoms with Crippen LogP contribution in [-0.4, -0.2) is 42.2 Å². The minimum Gasteiger partial charge on any atom is -0.497 e. The lowest BCUT2D eigenvalue weighted by atomic mass is 9.73. The minimum atomic E-state index is 0.151. The molecule has 132 valence electrons. The van der Waals surface area contributed by atoms with E-state index in [0.29, 0.717) is 12.0 Å². The van der Waals surface area contributed by atoms with Crippen LogP contribution >= 0.6 is 0 Å². The molecule has 5 rings (SSSR count). The second kappa shape index (κ2) is 6.77. The van der Waals surface area contributed by atoms with E-state index in [4.69, 9.17) is 10.5 Å². The minimum absolute atomic E-state index is 0.151. The molecule has 4 nitrogen and oxygen atoms in total. The maximum atomic E-state index is 6.63. The van der Waals surface area contributed by atoms with Crippen LogP contribution in [0.5, 0.6) is 5.75 Å². The number of hydrogen-bond donors (Lipinski definition) is 1. The third-order valence-electron chi connectivity index (χ3n) is 6.06. The largest absolute Gasteiger partial charge is 0.497 e. The molecule has 1 aromatic heterocycles. The maximum absolute atomic E-state index is 6.63. The molecule has 0 aliphatic carbocycles. The monoisotopic (exact) mass is 337 g/mol. The number of nitrogens with zero attached hydrogens (tertiary/aromatic N) is 2. The normalized spacial score (nSPS) is 29.5. The Bertz CT molecular complexity index is 775. The molecular weight excluding hydrogens is 310 g/mol. The van der Waals surface area contributed by atoms with E-state index < -0.39 is 0 Å². The molecule has 0 spiro atoms. The Labute approximate surface area is 149 Å². The van der Waals surface area contributed by atoms with Crippen molar-refractivity contribution in [2.75, 3.05) is 20.2 Å². The quantitative estimate of drug-likeness (QED) is 0.852. The summed E-state index contributed by atoms with van der Waals surface area (Å²) in [6, 6.07) is 8.82. The van der Waals surface area contributed by atoms with Gasteiger partial charge in [-0.05, 0) is 67.5 Å². The van der Waals surface area contributed by atoms with Crippen molar-refractivity contribution in [1.82, 2.24) is 9.88 Å². The zero-order chi connectivity index (χ0) is 17.4. The summed E-state index contributed by atoms with van der Waals surface area (Å²) in [4.78, 5) is 7.17. The average molecular weight is 337 g/mol. The average Bonchev–Trinajstić information content (AvgIpc) is 2.67. The van der Waals surface area contributed by atoms with Crippen molar-refractivity contribution in [1.29, 1.82) is 0 Å². The molecule has 2 bridgehead atoms. The van der Waals surface area contributed by atoms with Gasteiger partial charge in [-0.1, -0.05) is 6.08 Å². The summed E-state index contributed by atoms with van der Waals surface area (Å²) in [5, 5.41) is 1.11. The number of aromatic nitrogens is 1. The van der Waals surface area contributed by atoms with Gasteiger partial charge in [-0.2, -0.15) is 0 Å². The Balaban J connectivity index is 1.50. The van der Waals surface area contributed by atoms with E-state index in [-0.39, 0.29) is 6.04 Å². The molecule has 2 aromatic rings. The Morgan fingerprint density at radius 3 is 3.04 bits per heavy atom. The fourth-order valence-electron chi connectivity index (χ4n) is 4.62. The van der Waals surface area contributed by atoms with Crippen LogP contribution in [0.4, 0.5) is 0 Å². The van der Waals surface area contributed by atoms with Gasteiger partial charge in [-0.3, -0.25) is 9.88 Å². The SMILES string of the molecule is C=C[C@H]1CN2CCC1CC2[C@@H](N)Cc1cnc2ccc(OC)cc2c1. The van der Waals surface area contributed by atoms with Crippen LogP contribution < -0.4 is 10.5 Å². The maximum Gasteiger partial charge on any atom is 0.119 e. The van der Waals surface area contributed by atoms with Crippen LogP contribution in [-0.2, 0) is 6.42 Å². The molecule has 4 heteroatoms. The molecule has 0 saturated carbocycles. The van der Waals surface area contributed by atoms with Crippen molar-refractivity contribution < 1.29 is 4.74 Å². The highest BCUT2D eigenvalue weighted by Gasteiger charge is 2.40. The topological polar surface area (TPSA) is 51.4 Å². The number of hydrogen-bond acceptors (Lipinski definition) is 4. The van der Waals surface area contributed by atoms with Crippen molar-refractivity contribution in [2.45, 2.75) is 31.3 Å². The molecule has 3 aliphatic heterocycles. The van der Waals surface area contributed by atoms with E-state index in [1.165, 1.54) is 24.9 Å². The molecule has 3 fully saturated rings. The van der Waals surface area contributed by atoms with Crippen LogP contribution in [0.3, 0.4) is 0 Å². The number of benzene rings is 1. The standard InChI is InChI=1S/C21H27N3O/c1-3-15-13-24-7-6-16(15)11-21(24)19(22)9-14-8-17-10-18(25-2)4-5-20(17)23-12-14/h3-5,8,10,12,15-16,19,21H,1,6-7,9,11,13,22H2,2H3/t15-,16?,19-,21?/m0/s1. The Hall–Kier alpha value is -1.91. The smallest absolute Gasteiger partial charge is 0.119 e. The lowest BCUT2D eigenvalue weighted by Crippen LogP contribution is -2.59. The van der Waals surface area contributed by atoms with Gasteiger partial charge in [0.05, 0.1) is 12.6 Å². The first-order valence-corrected chi connectivity index (χ1v) is 9.23. The fourth-order valence-corrected chi connectivity index (χ4v) is 4.62. The number of piperidine rings is 3. The van der Waals surface area contributed by atoms with Crippen molar-refractivity contribution in [2.24, 2.45) is 17.6 Å². The van der Waals surface area contributed by atoms with Gasteiger partial charge >= 0.3 is 0 Å². The van der Waals surface area contributed by atoms with E-state index in [1.54, 1.807) is 7.11 Å². The van der Waals surface area contributed by atoms with Crippen molar-refractivity contribution >= 4 is 10.9 Å². The number of nitrogens with two attached hydrogens (primary N) is 1. The number of ether oxygens (including phenoxy) is 1. The second-order valence-electron chi connectivity index (χ2n) is 7.52. The van der Waals surface area contributed by atoms with Crippen LogP contribution in [0.1, 0.15) is 18.4 Å². The Morgan fingerprint density at radius 1 is 1.44 bits per heavy atom. The van der Waals surface area contributed by atoms with Crippen molar-refractivity contribution in [3.05, 3.63) is 48.7 Å². The molecule has 4 heterocycles. The van der Waals surface area contributed by atoms with Crippen LogP contribution in [0.25, 0.3) is 10.9 Å². The molecule has 3 aliphatic rings. The summed E-state index contributed by atoms with van der Waals surface area (Å²) in [6.45, 7) is 6.31. The molecule has 2 N–H and O–H groups in total. The molecular formula is C21H27N3O. The number of fused-ring (bicyclic) bond motifs is 4. The van der Waals surface area contributed by atoms with Gasteiger partial charge in [-0.25, -0.2) is 0 Å². The zero-order valence-corrected chi connectivity index (χ0v) is 14.9. The lowest BCUT2D eigenvalue weighted by molar-refractivity contribution is 0.00773. The third-order valence-corrected chi connectivity index (χ3v) is 6.06. The summed E-state index contributed by atoms with van der Waals surface area (Å²) >= 11 is 0. The lowest BCUT2D eigenvalue weighted by Gasteiger charge is -2.51. The van der Waals surface area contributed by atoms with Gasteiger partial charge in [0.15, 0.2) is 0 Å². The molecule has 25 heavy (non-hydrogen) atoms. The third kappa shape index (κ3) is 3.16. The molecule has 5 atom stereocenters. The number of rotatable bonds is 5. The molecule has 0 amide bonds. The van der Waals surface area contributed by atoms with Gasteiger partial charge in [0.2, 0.25) is 0 Å². The Morgan fingerprint density at radius 2 is 2.32 bits per heavy atom. The molecule has 3 saturated heterocycles. The first-order chi connectivity index (χ1) is 12.2. The summed E-state index contributed by atoms with van der Waals surface area (Å²) in [6.07, 6.45) is 7.47. The highest BCUT2D eigenvalue weighted by atomic mass is 16.5. The van der Waals surface area contributed by atoms with Crippen molar-refractivity contribution in [3.8, 4) is 5.75 Å². The van der Waals surface area contributed by atoms with Crippen LogP contribution in [0.15, 0.2) is 43.1 Å². The summed E-state index contributed by atoms with van der Waals surface area (Å²) in [5.74, 6) is 2.27. The van der Waals surface area contributed by atoms with Crippen LogP contribution in [0.2, 0.25) is 0 Å². The first kappa shape index (κ1) is 16.6. The van der Waals surface area contributed by atoms with Gasteiger partial charge < -0.3 is 10.5 Å². The van der Waals surface area contributed by atoms with Crippen LogP contribution in [0, 0.1) is 11.8 Å². The number of methoxy groups -OCH3 is 1. The Kier molecular flexibility index (Phi) is 4.48. The van der Waals surface area contributed by atoms with E-state index in [9.17, 15) is 0 Å². The molecule has 3 unspecified atom stereocenters. The van der Waals surface area contributed by atoms with Gasteiger partial charge in [0.25, 0.3) is 0 Å². The highest BCUT2D eigenvalue weighted by Crippen LogP contribution is 2.38. The van der Waals surface area contributed by atoms with Gasteiger partial charge in [-0.15, -0.1) is 6.58 Å². The summed E-state index contributed by atoms with van der Waals surface area (Å²) in [5.41, 5.74) is 8.83. The predicted molar refractivity (Wildman–Crippen MR) is 102 cm³/mol. The summed E-state index contributed by atoms with van der Waals surface area (Å²) in [7, 11) is 1.69. The first-order valence-electron chi connectivity index (χ1n) is 9.23. The molecule has 1 aromatic carbocycles. The van der Waals surface area contributed by atoms with E-state index in [2.05, 4.69) is 28.6 Å². The van der Waals surface area contributed by atoms with Crippen molar-refractivity contribution in [3.63, 3.8) is 0 Å². The van der Waals surface area contributed by atoms with E-state index in [1.807, 2.05) is 24.4 Å². The predicted octanol–water partition coefficient (Wildman–Crippen LogP) is 3.01.